The van der Waals surface area contributed by atoms with Crippen molar-refractivity contribution in [3.8, 4) is 0 Å². The smallest absolute Gasteiger partial charge is 0.305 e. The fourth-order valence-corrected chi connectivity index (χ4v) is 2.32. The highest BCUT2D eigenvalue weighted by Gasteiger charge is 2.02. The summed E-state index contributed by atoms with van der Waals surface area (Å²) < 4.78 is 5.26. The number of ether oxygens (including phenoxy) is 1. The van der Waals surface area contributed by atoms with Crippen molar-refractivity contribution in [3.63, 3.8) is 0 Å². The van der Waals surface area contributed by atoms with Gasteiger partial charge in [0.2, 0.25) is 0 Å². The van der Waals surface area contributed by atoms with E-state index >= 15 is 0 Å². The summed E-state index contributed by atoms with van der Waals surface area (Å²) in [6.45, 7) is 7.36. The van der Waals surface area contributed by atoms with Gasteiger partial charge in [-0.25, -0.2) is 0 Å². The zero-order valence-electron chi connectivity index (χ0n) is 14.1. The molecule has 0 heterocycles. The Labute approximate surface area is 126 Å². The lowest BCUT2D eigenvalue weighted by Gasteiger charge is -2.06. The number of esters is 1. The number of rotatable bonds is 14. The van der Waals surface area contributed by atoms with Crippen molar-refractivity contribution in [2.45, 2.75) is 97.8 Å². The van der Waals surface area contributed by atoms with Crippen molar-refractivity contribution in [2.24, 2.45) is 5.92 Å². The van der Waals surface area contributed by atoms with Crippen LogP contribution >= 0.6 is 0 Å². The topological polar surface area (TPSA) is 26.3 Å². The third-order valence-electron chi connectivity index (χ3n) is 3.67. The standard InChI is InChI=1S/C18H36O2/c1-4-5-6-7-8-9-12-15-18(19)20-16-13-10-11-14-17(2)3/h17H,4-16H2,1-3H3. The zero-order chi connectivity index (χ0) is 15.1. The molecule has 0 N–H and O–H groups in total. The lowest BCUT2D eigenvalue weighted by molar-refractivity contribution is -0.143. The molecule has 0 aromatic carbocycles. The molecule has 0 aliphatic carbocycles. The summed E-state index contributed by atoms with van der Waals surface area (Å²) in [6.07, 6.45) is 14.1. The fraction of sp³-hybridized carbons (Fsp3) is 0.944. The van der Waals surface area contributed by atoms with Crippen LogP contribution in [0.25, 0.3) is 0 Å². The Bertz CT molecular complexity index is 211. The number of hydrogen-bond donors (Lipinski definition) is 0. The van der Waals surface area contributed by atoms with Crippen molar-refractivity contribution in [1.29, 1.82) is 0 Å². The molecule has 2 heteroatoms. The van der Waals surface area contributed by atoms with Gasteiger partial charge in [0.25, 0.3) is 0 Å². The van der Waals surface area contributed by atoms with Gasteiger partial charge in [-0.3, -0.25) is 4.79 Å². The molecule has 0 fully saturated rings. The summed E-state index contributed by atoms with van der Waals surface area (Å²) >= 11 is 0. The van der Waals surface area contributed by atoms with Crippen LogP contribution in [0.4, 0.5) is 0 Å². The van der Waals surface area contributed by atoms with E-state index in [1.165, 1.54) is 57.8 Å². The third-order valence-corrected chi connectivity index (χ3v) is 3.67. The second-order valence-corrected chi connectivity index (χ2v) is 6.33. The second kappa shape index (κ2) is 14.9. The van der Waals surface area contributed by atoms with E-state index in [4.69, 9.17) is 4.74 Å². The van der Waals surface area contributed by atoms with Crippen LogP contribution in [0.15, 0.2) is 0 Å². The van der Waals surface area contributed by atoms with Crippen molar-refractivity contribution < 1.29 is 9.53 Å². The zero-order valence-corrected chi connectivity index (χ0v) is 14.1. The first-order valence-corrected chi connectivity index (χ1v) is 8.82. The summed E-state index contributed by atoms with van der Waals surface area (Å²) in [4.78, 5) is 11.5. The van der Waals surface area contributed by atoms with Gasteiger partial charge in [-0.1, -0.05) is 78.6 Å². The van der Waals surface area contributed by atoms with Crippen LogP contribution in [0, 0.1) is 5.92 Å². The van der Waals surface area contributed by atoms with Crippen LogP contribution in [0.2, 0.25) is 0 Å². The first kappa shape index (κ1) is 19.5. The maximum Gasteiger partial charge on any atom is 0.305 e. The van der Waals surface area contributed by atoms with Gasteiger partial charge in [-0.2, -0.15) is 0 Å². The van der Waals surface area contributed by atoms with E-state index in [9.17, 15) is 4.79 Å². The van der Waals surface area contributed by atoms with E-state index < -0.39 is 0 Å². The van der Waals surface area contributed by atoms with E-state index in [0.29, 0.717) is 13.0 Å². The minimum atomic E-state index is 0.00224. The molecule has 0 aliphatic rings. The highest BCUT2D eigenvalue weighted by Crippen LogP contribution is 2.10. The van der Waals surface area contributed by atoms with Gasteiger partial charge in [0.15, 0.2) is 0 Å². The Balaban J connectivity index is 3.17. The molecule has 0 aromatic heterocycles. The van der Waals surface area contributed by atoms with Gasteiger partial charge in [0.1, 0.15) is 0 Å². The molecular formula is C18H36O2. The molecule has 0 aromatic rings. The monoisotopic (exact) mass is 284 g/mol. The molecule has 0 saturated heterocycles. The maximum atomic E-state index is 11.5. The van der Waals surface area contributed by atoms with E-state index in [1.807, 2.05) is 0 Å². The predicted octanol–water partition coefficient (Wildman–Crippen LogP) is 5.89. The molecule has 2 nitrogen and oxygen atoms in total. The maximum absolute atomic E-state index is 11.5. The summed E-state index contributed by atoms with van der Waals surface area (Å²) in [5.74, 6) is 0.789. The van der Waals surface area contributed by atoms with E-state index in [1.54, 1.807) is 0 Å². The summed E-state index contributed by atoms with van der Waals surface area (Å²) in [6, 6.07) is 0. The Morgan fingerprint density at radius 1 is 0.850 bits per heavy atom. The number of unbranched alkanes of at least 4 members (excludes halogenated alkanes) is 8. The average Bonchev–Trinajstić information content (AvgIpc) is 2.41. The molecule has 20 heavy (non-hydrogen) atoms. The number of carbonyl (C=O) groups is 1. The van der Waals surface area contributed by atoms with Crippen LogP contribution in [0.5, 0.6) is 0 Å². The molecule has 120 valence electrons. The molecule has 0 unspecified atom stereocenters. The quantitative estimate of drug-likeness (QED) is 0.294. The van der Waals surface area contributed by atoms with Crippen molar-refractivity contribution in [1.82, 2.24) is 0 Å². The van der Waals surface area contributed by atoms with Crippen LogP contribution < -0.4 is 0 Å². The van der Waals surface area contributed by atoms with Gasteiger partial charge < -0.3 is 4.74 Å². The summed E-state index contributed by atoms with van der Waals surface area (Å²) in [7, 11) is 0. The lowest BCUT2D eigenvalue weighted by Crippen LogP contribution is -2.05. The molecule has 0 radical (unpaired) electrons. The first-order valence-electron chi connectivity index (χ1n) is 8.82. The Hall–Kier alpha value is -0.530. The average molecular weight is 284 g/mol. The highest BCUT2D eigenvalue weighted by atomic mass is 16.5. The lowest BCUT2D eigenvalue weighted by atomic mass is 10.1. The molecule has 0 atom stereocenters. The van der Waals surface area contributed by atoms with Crippen LogP contribution in [0.3, 0.4) is 0 Å². The molecule has 0 amide bonds. The van der Waals surface area contributed by atoms with Gasteiger partial charge in [-0.15, -0.1) is 0 Å². The largest absolute Gasteiger partial charge is 0.466 e. The SMILES string of the molecule is CCCCCCCCCC(=O)OCCCCCC(C)C. The van der Waals surface area contributed by atoms with E-state index in [0.717, 1.165) is 18.8 Å². The normalized spacial score (nSPS) is 11.0. The van der Waals surface area contributed by atoms with Crippen LogP contribution in [-0.2, 0) is 9.53 Å². The minimum Gasteiger partial charge on any atom is -0.466 e. The molecule has 0 saturated carbocycles. The van der Waals surface area contributed by atoms with E-state index in [-0.39, 0.29) is 5.97 Å². The molecular weight excluding hydrogens is 248 g/mol. The van der Waals surface area contributed by atoms with E-state index in [2.05, 4.69) is 20.8 Å². The van der Waals surface area contributed by atoms with Crippen LogP contribution in [-0.4, -0.2) is 12.6 Å². The first-order chi connectivity index (χ1) is 9.66. The third kappa shape index (κ3) is 15.5. The van der Waals surface area contributed by atoms with Gasteiger partial charge >= 0.3 is 5.97 Å². The summed E-state index contributed by atoms with van der Waals surface area (Å²) in [5.41, 5.74) is 0. The Kier molecular flexibility index (Phi) is 14.5. The van der Waals surface area contributed by atoms with Crippen molar-refractivity contribution in [2.75, 3.05) is 6.61 Å². The Morgan fingerprint density at radius 3 is 2.10 bits per heavy atom. The highest BCUT2D eigenvalue weighted by molar-refractivity contribution is 5.69. The second-order valence-electron chi connectivity index (χ2n) is 6.33. The number of hydrogen-bond acceptors (Lipinski definition) is 2. The fourth-order valence-electron chi connectivity index (χ4n) is 2.32. The molecule has 0 aliphatic heterocycles. The van der Waals surface area contributed by atoms with Crippen molar-refractivity contribution >= 4 is 5.97 Å². The van der Waals surface area contributed by atoms with Gasteiger partial charge in [0.05, 0.1) is 6.61 Å². The Morgan fingerprint density at radius 2 is 1.45 bits per heavy atom. The minimum absolute atomic E-state index is 0.00224. The summed E-state index contributed by atoms with van der Waals surface area (Å²) in [5, 5.41) is 0. The van der Waals surface area contributed by atoms with Crippen molar-refractivity contribution in [3.05, 3.63) is 0 Å². The van der Waals surface area contributed by atoms with Gasteiger partial charge in [0, 0.05) is 6.42 Å². The van der Waals surface area contributed by atoms with Gasteiger partial charge in [-0.05, 0) is 18.8 Å². The molecule has 0 rings (SSSR count). The molecule has 0 spiro atoms. The van der Waals surface area contributed by atoms with Crippen LogP contribution in [0.1, 0.15) is 97.8 Å². The number of carbonyl (C=O) groups excluding carboxylic acids is 1. The predicted molar refractivity (Wildman–Crippen MR) is 86.9 cm³/mol. The molecule has 0 bridgehead atoms.